The SMILES string of the molecule is CC1(C)c2ccccc2-c2cccc3c(-c4cc5c(-c6ccccc6)c6ccccc6cc5c5ccccc45)ccc1c23. The van der Waals surface area contributed by atoms with Crippen LogP contribution in [0, 0.1) is 0 Å². The second-order valence-corrected chi connectivity index (χ2v) is 12.5. The van der Waals surface area contributed by atoms with Gasteiger partial charge in [0.2, 0.25) is 0 Å². The maximum atomic E-state index is 2.47. The minimum atomic E-state index is -0.0768. The Morgan fingerprint density at radius 1 is 0.372 bits per heavy atom. The third kappa shape index (κ3) is 3.38. The summed E-state index contributed by atoms with van der Waals surface area (Å²) in [5.41, 5.74) is 10.6. The van der Waals surface area contributed by atoms with Crippen molar-refractivity contribution in [1.82, 2.24) is 0 Å². The molecule has 1 aliphatic rings. The lowest BCUT2D eigenvalue weighted by atomic mass is 9.68. The number of rotatable bonds is 2. The fraction of sp³-hybridized carbons (Fsp3) is 0.0698. The van der Waals surface area contributed by atoms with Crippen molar-refractivity contribution in [2.45, 2.75) is 19.3 Å². The van der Waals surface area contributed by atoms with Crippen molar-refractivity contribution in [2.75, 3.05) is 0 Å². The second kappa shape index (κ2) is 8.90. The van der Waals surface area contributed by atoms with Gasteiger partial charge in [0, 0.05) is 5.41 Å². The number of hydrogen-bond acceptors (Lipinski definition) is 0. The van der Waals surface area contributed by atoms with Gasteiger partial charge in [0.05, 0.1) is 0 Å². The van der Waals surface area contributed by atoms with Gasteiger partial charge in [-0.05, 0) is 99.7 Å². The predicted molar refractivity (Wildman–Crippen MR) is 185 cm³/mol. The van der Waals surface area contributed by atoms with Crippen LogP contribution in [0.4, 0.5) is 0 Å². The summed E-state index contributed by atoms with van der Waals surface area (Å²) in [4.78, 5) is 0. The van der Waals surface area contributed by atoms with Crippen LogP contribution in [0.2, 0.25) is 0 Å². The molecule has 0 saturated carbocycles. The van der Waals surface area contributed by atoms with Crippen LogP contribution in [0.5, 0.6) is 0 Å². The molecular formula is C43H30. The molecule has 0 aromatic heterocycles. The van der Waals surface area contributed by atoms with E-state index in [9.17, 15) is 0 Å². The van der Waals surface area contributed by atoms with Gasteiger partial charge in [-0.25, -0.2) is 0 Å². The molecule has 0 N–H and O–H groups in total. The smallest absolute Gasteiger partial charge is 0.0159 e. The van der Waals surface area contributed by atoms with Crippen molar-refractivity contribution in [3.05, 3.63) is 157 Å². The Hall–Kier alpha value is -5.20. The van der Waals surface area contributed by atoms with Gasteiger partial charge in [-0.3, -0.25) is 0 Å². The molecule has 0 heterocycles. The van der Waals surface area contributed by atoms with E-state index in [4.69, 9.17) is 0 Å². The van der Waals surface area contributed by atoms with E-state index in [-0.39, 0.29) is 5.41 Å². The number of fused-ring (bicyclic) bond motifs is 6. The van der Waals surface area contributed by atoms with Gasteiger partial charge in [-0.15, -0.1) is 0 Å². The zero-order valence-electron chi connectivity index (χ0n) is 24.4. The van der Waals surface area contributed by atoms with Gasteiger partial charge in [0.1, 0.15) is 0 Å². The zero-order valence-corrected chi connectivity index (χ0v) is 24.4. The molecule has 0 fully saturated rings. The standard InChI is InChI=1S/C43H30/c1-43(2)39-22-11-10-19-33(39)35-21-12-20-34-32(23-24-40(43)42(34)35)37-26-38-36(30-17-8-9-18-31(30)37)25-28-15-6-7-16-29(28)41(38)27-13-4-3-5-14-27/h3-26H,1-2H3. The van der Waals surface area contributed by atoms with Crippen molar-refractivity contribution in [3.8, 4) is 33.4 Å². The first-order valence-electron chi connectivity index (χ1n) is 15.2. The summed E-state index contributed by atoms with van der Waals surface area (Å²) >= 11 is 0. The molecule has 202 valence electrons. The number of benzene rings is 8. The lowest BCUT2D eigenvalue weighted by Crippen LogP contribution is -2.23. The van der Waals surface area contributed by atoms with Crippen LogP contribution < -0.4 is 0 Å². The predicted octanol–water partition coefficient (Wildman–Crippen LogP) is 11.9. The molecule has 0 bridgehead atoms. The van der Waals surface area contributed by atoms with E-state index in [1.807, 2.05) is 0 Å². The summed E-state index contributed by atoms with van der Waals surface area (Å²) in [6, 6.07) is 54.2. The van der Waals surface area contributed by atoms with Crippen LogP contribution >= 0.6 is 0 Å². The van der Waals surface area contributed by atoms with Crippen LogP contribution in [-0.4, -0.2) is 0 Å². The highest BCUT2D eigenvalue weighted by Gasteiger charge is 2.33. The first-order chi connectivity index (χ1) is 21.1. The molecule has 0 nitrogen and oxygen atoms in total. The van der Waals surface area contributed by atoms with E-state index in [0.717, 1.165) is 0 Å². The largest absolute Gasteiger partial charge is 0.0622 e. The number of hydrogen-bond donors (Lipinski definition) is 0. The van der Waals surface area contributed by atoms with E-state index in [1.54, 1.807) is 0 Å². The molecule has 0 heteroatoms. The Labute approximate surface area is 251 Å². The van der Waals surface area contributed by atoms with Gasteiger partial charge in [0.25, 0.3) is 0 Å². The molecule has 8 aromatic carbocycles. The van der Waals surface area contributed by atoms with E-state index in [2.05, 4.69) is 159 Å². The van der Waals surface area contributed by atoms with Crippen molar-refractivity contribution in [3.63, 3.8) is 0 Å². The average molecular weight is 547 g/mol. The highest BCUT2D eigenvalue weighted by atomic mass is 14.4. The summed E-state index contributed by atoms with van der Waals surface area (Å²) in [6.45, 7) is 4.75. The van der Waals surface area contributed by atoms with E-state index in [1.165, 1.54) is 87.6 Å². The van der Waals surface area contributed by atoms with Crippen LogP contribution in [0.3, 0.4) is 0 Å². The van der Waals surface area contributed by atoms with E-state index < -0.39 is 0 Å². The Morgan fingerprint density at radius 2 is 1.05 bits per heavy atom. The van der Waals surface area contributed by atoms with Crippen molar-refractivity contribution < 1.29 is 0 Å². The monoisotopic (exact) mass is 546 g/mol. The summed E-state index contributed by atoms with van der Waals surface area (Å²) in [7, 11) is 0. The quantitative estimate of drug-likeness (QED) is 0.149. The second-order valence-electron chi connectivity index (χ2n) is 12.5. The molecule has 0 amide bonds. The third-order valence-corrected chi connectivity index (χ3v) is 9.84. The first-order valence-corrected chi connectivity index (χ1v) is 15.2. The lowest BCUT2D eigenvalue weighted by Gasteiger charge is -2.35. The maximum Gasteiger partial charge on any atom is 0.0159 e. The third-order valence-electron chi connectivity index (χ3n) is 9.84. The van der Waals surface area contributed by atoms with Gasteiger partial charge >= 0.3 is 0 Å². The van der Waals surface area contributed by atoms with Crippen LogP contribution in [0.15, 0.2) is 146 Å². The van der Waals surface area contributed by atoms with Crippen LogP contribution in [-0.2, 0) is 5.41 Å². The molecule has 1 aliphatic carbocycles. The summed E-state index contributed by atoms with van der Waals surface area (Å²) in [5.74, 6) is 0. The molecule has 8 aromatic rings. The van der Waals surface area contributed by atoms with E-state index in [0.29, 0.717) is 0 Å². The van der Waals surface area contributed by atoms with Crippen LogP contribution in [0.25, 0.3) is 76.5 Å². The molecule has 0 radical (unpaired) electrons. The fourth-order valence-electron chi connectivity index (χ4n) is 7.84. The van der Waals surface area contributed by atoms with E-state index >= 15 is 0 Å². The maximum absolute atomic E-state index is 2.47. The molecule has 0 saturated heterocycles. The summed E-state index contributed by atoms with van der Waals surface area (Å²) in [5, 5.41) is 10.5. The molecule has 0 atom stereocenters. The minimum Gasteiger partial charge on any atom is -0.0622 e. The summed E-state index contributed by atoms with van der Waals surface area (Å²) < 4.78 is 0. The molecule has 9 rings (SSSR count). The first kappa shape index (κ1) is 24.4. The zero-order chi connectivity index (χ0) is 28.7. The van der Waals surface area contributed by atoms with Crippen molar-refractivity contribution in [2.24, 2.45) is 0 Å². The Balaban J connectivity index is 1.45. The fourth-order valence-corrected chi connectivity index (χ4v) is 7.84. The average Bonchev–Trinajstić information content (AvgIpc) is 3.06. The molecule has 0 unspecified atom stereocenters. The van der Waals surface area contributed by atoms with Crippen molar-refractivity contribution in [1.29, 1.82) is 0 Å². The van der Waals surface area contributed by atoms with Gasteiger partial charge in [0.15, 0.2) is 0 Å². The Morgan fingerprint density at radius 3 is 1.91 bits per heavy atom. The van der Waals surface area contributed by atoms with Gasteiger partial charge in [-0.1, -0.05) is 147 Å². The Bertz CT molecular complexity index is 2410. The Kier molecular flexibility index (Phi) is 5.05. The minimum absolute atomic E-state index is 0.0768. The lowest BCUT2D eigenvalue weighted by molar-refractivity contribution is 0.645. The topological polar surface area (TPSA) is 0 Å². The van der Waals surface area contributed by atoms with Crippen LogP contribution in [0.1, 0.15) is 25.0 Å². The van der Waals surface area contributed by atoms with Gasteiger partial charge < -0.3 is 0 Å². The normalized spacial score (nSPS) is 13.5. The highest BCUT2D eigenvalue weighted by Crippen LogP contribution is 2.51. The van der Waals surface area contributed by atoms with Gasteiger partial charge in [-0.2, -0.15) is 0 Å². The van der Waals surface area contributed by atoms with Crippen molar-refractivity contribution >= 4 is 43.1 Å². The summed E-state index contributed by atoms with van der Waals surface area (Å²) in [6.07, 6.45) is 0. The molecule has 0 spiro atoms. The molecule has 0 aliphatic heterocycles. The molecule has 43 heavy (non-hydrogen) atoms. The molecular weight excluding hydrogens is 516 g/mol. The highest BCUT2D eigenvalue weighted by molar-refractivity contribution is 6.24.